The van der Waals surface area contributed by atoms with Gasteiger partial charge in [-0.15, -0.1) is 0 Å². The van der Waals surface area contributed by atoms with Crippen molar-refractivity contribution in [1.29, 1.82) is 0 Å². The van der Waals surface area contributed by atoms with Crippen LogP contribution in [0.15, 0.2) is 29.2 Å². The lowest BCUT2D eigenvalue weighted by Gasteiger charge is -2.15. The molecule has 0 bridgehead atoms. The Balaban J connectivity index is 1.81. The van der Waals surface area contributed by atoms with Gasteiger partial charge in [-0.25, -0.2) is 8.42 Å². The first-order chi connectivity index (χ1) is 9.47. The largest absolute Gasteiger partial charge is 0.342 e. The fourth-order valence-electron chi connectivity index (χ4n) is 2.25. The third kappa shape index (κ3) is 4.05. The van der Waals surface area contributed by atoms with E-state index in [1.165, 1.54) is 6.26 Å². The molecule has 1 aromatic carbocycles. The average molecular weight is 296 g/mol. The van der Waals surface area contributed by atoms with Crippen LogP contribution in [0.3, 0.4) is 0 Å². The predicted molar refractivity (Wildman–Crippen MR) is 77.1 cm³/mol. The molecule has 1 amide bonds. The van der Waals surface area contributed by atoms with Gasteiger partial charge in [0.1, 0.15) is 0 Å². The number of carbonyl (C=O) groups is 1. The molecule has 0 spiro atoms. The standard InChI is InChI=1S/C14H20N2O3S/c1-20(18,19)13-6-4-12(5-7-13)10-15-11-14(17)16-8-2-3-9-16/h4-7,15H,2-3,8-11H2,1H3. The van der Waals surface area contributed by atoms with Crippen molar-refractivity contribution >= 4 is 15.7 Å². The quantitative estimate of drug-likeness (QED) is 0.873. The fraction of sp³-hybridized carbons (Fsp3) is 0.500. The van der Waals surface area contributed by atoms with Crippen LogP contribution in [0.2, 0.25) is 0 Å². The van der Waals surface area contributed by atoms with Crippen LogP contribution in [-0.4, -0.2) is 45.1 Å². The van der Waals surface area contributed by atoms with Crippen LogP contribution in [0.4, 0.5) is 0 Å². The molecular formula is C14H20N2O3S. The van der Waals surface area contributed by atoms with Gasteiger partial charge in [0.15, 0.2) is 9.84 Å². The summed E-state index contributed by atoms with van der Waals surface area (Å²) in [6, 6.07) is 6.72. The van der Waals surface area contributed by atoms with E-state index in [-0.39, 0.29) is 5.91 Å². The molecular weight excluding hydrogens is 276 g/mol. The molecule has 2 rings (SSSR count). The summed E-state index contributed by atoms with van der Waals surface area (Å²) in [5, 5.41) is 3.10. The van der Waals surface area contributed by atoms with Gasteiger partial charge in [0.05, 0.1) is 11.4 Å². The van der Waals surface area contributed by atoms with Crippen molar-refractivity contribution in [1.82, 2.24) is 10.2 Å². The zero-order valence-corrected chi connectivity index (χ0v) is 12.4. The third-order valence-electron chi connectivity index (χ3n) is 3.42. The predicted octanol–water partition coefficient (Wildman–Crippen LogP) is 0.802. The van der Waals surface area contributed by atoms with Gasteiger partial charge in [-0.1, -0.05) is 12.1 Å². The zero-order valence-electron chi connectivity index (χ0n) is 11.6. The lowest BCUT2D eigenvalue weighted by atomic mass is 10.2. The van der Waals surface area contributed by atoms with Crippen LogP contribution in [0.25, 0.3) is 0 Å². The minimum atomic E-state index is -3.15. The minimum absolute atomic E-state index is 0.134. The second kappa shape index (κ2) is 6.37. The van der Waals surface area contributed by atoms with Crippen LogP contribution < -0.4 is 5.32 Å². The summed E-state index contributed by atoms with van der Waals surface area (Å²) in [6.07, 6.45) is 3.38. The molecule has 0 atom stereocenters. The Hall–Kier alpha value is -1.40. The van der Waals surface area contributed by atoms with Crippen molar-refractivity contribution in [3.63, 3.8) is 0 Å². The summed E-state index contributed by atoms with van der Waals surface area (Å²) in [7, 11) is -3.15. The van der Waals surface area contributed by atoms with Gasteiger partial charge >= 0.3 is 0 Å². The lowest BCUT2D eigenvalue weighted by Crippen LogP contribution is -2.35. The monoisotopic (exact) mass is 296 g/mol. The topological polar surface area (TPSA) is 66.5 Å². The molecule has 1 saturated heterocycles. The highest BCUT2D eigenvalue weighted by Gasteiger charge is 2.16. The Labute approximate surface area is 119 Å². The van der Waals surface area contributed by atoms with Crippen molar-refractivity contribution in [2.24, 2.45) is 0 Å². The molecule has 1 aliphatic heterocycles. The number of carbonyl (C=O) groups excluding carboxylic acids is 1. The Morgan fingerprint density at radius 3 is 2.35 bits per heavy atom. The van der Waals surface area contributed by atoms with E-state index < -0.39 is 9.84 Å². The van der Waals surface area contributed by atoms with Crippen molar-refractivity contribution in [3.8, 4) is 0 Å². The maximum Gasteiger partial charge on any atom is 0.236 e. The van der Waals surface area contributed by atoms with E-state index in [2.05, 4.69) is 5.32 Å². The summed E-state index contributed by atoms with van der Waals surface area (Å²) in [5.74, 6) is 0.134. The van der Waals surface area contributed by atoms with Crippen LogP contribution in [0, 0.1) is 0 Å². The molecule has 0 radical (unpaired) electrons. The molecule has 5 nitrogen and oxygen atoms in total. The highest BCUT2D eigenvalue weighted by Crippen LogP contribution is 2.10. The van der Waals surface area contributed by atoms with Crippen LogP contribution >= 0.6 is 0 Å². The highest BCUT2D eigenvalue weighted by atomic mass is 32.2. The second-order valence-electron chi connectivity index (χ2n) is 5.11. The van der Waals surface area contributed by atoms with E-state index in [9.17, 15) is 13.2 Å². The zero-order chi connectivity index (χ0) is 14.6. The molecule has 0 aliphatic carbocycles. The number of rotatable bonds is 5. The van der Waals surface area contributed by atoms with Crippen LogP contribution in [0.5, 0.6) is 0 Å². The molecule has 0 aromatic heterocycles. The molecule has 1 aliphatic rings. The first kappa shape index (κ1) is 15.0. The molecule has 6 heteroatoms. The van der Waals surface area contributed by atoms with Crippen molar-refractivity contribution in [2.75, 3.05) is 25.9 Å². The van der Waals surface area contributed by atoms with Gasteiger partial charge in [0.25, 0.3) is 0 Å². The van der Waals surface area contributed by atoms with E-state index in [0.717, 1.165) is 31.5 Å². The van der Waals surface area contributed by atoms with Crippen LogP contribution in [-0.2, 0) is 21.2 Å². The number of hydrogen-bond donors (Lipinski definition) is 1. The number of hydrogen-bond acceptors (Lipinski definition) is 4. The number of nitrogens with zero attached hydrogens (tertiary/aromatic N) is 1. The average Bonchev–Trinajstić information content (AvgIpc) is 2.92. The summed E-state index contributed by atoms with van der Waals surface area (Å²) in [4.78, 5) is 14.0. The Morgan fingerprint density at radius 2 is 1.80 bits per heavy atom. The van der Waals surface area contributed by atoms with E-state index in [1.807, 2.05) is 4.90 Å². The number of benzene rings is 1. The minimum Gasteiger partial charge on any atom is -0.342 e. The van der Waals surface area contributed by atoms with E-state index in [1.54, 1.807) is 24.3 Å². The Bertz CT molecular complexity index is 561. The van der Waals surface area contributed by atoms with Gasteiger partial charge in [-0.3, -0.25) is 4.79 Å². The number of nitrogens with one attached hydrogen (secondary N) is 1. The number of sulfone groups is 1. The fourth-order valence-corrected chi connectivity index (χ4v) is 2.88. The smallest absolute Gasteiger partial charge is 0.236 e. The third-order valence-corrected chi connectivity index (χ3v) is 4.54. The summed E-state index contributed by atoms with van der Waals surface area (Å²) >= 11 is 0. The van der Waals surface area contributed by atoms with E-state index in [4.69, 9.17) is 0 Å². The van der Waals surface area contributed by atoms with Gasteiger partial charge in [0, 0.05) is 25.9 Å². The van der Waals surface area contributed by atoms with Gasteiger partial charge in [-0.05, 0) is 30.5 Å². The van der Waals surface area contributed by atoms with Crippen molar-refractivity contribution in [3.05, 3.63) is 29.8 Å². The normalized spacial score (nSPS) is 15.6. The Kier molecular flexibility index (Phi) is 4.77. The van der Waals surface area contributed by atoms with Gasteiger partial charge in [-0.2, -0.15) is 0 Å². The van der Waals surface area contributed by atoms with E-state index in [0.29, 0.717) is 18.0 Å². The Morgan fingerprint density at radius 1 is 1.20 bits per heavy atom. The van der Waals surface area contributed by atoms with Crippen molar-refractivity contribution < 1.29 is 13.2 Å². The SMILES string of the molecule is CS(=O)(=O)c1ccc(CNCC(=O)N2CCCC2)cc1. The maximum absolute atomic E-state index is 11.8. The molecule has 1 fully saturated rings. The van der Waals surface area contributed by atoms with Gasteiger partial charge < -0.3 is 10.2 Å². The molecule has 1 heterocycles. The molecule has 1 aromatic rings. The molecule has 0 unspecified atom stereocenters. The molecule has 1 N–H and O–H groups in total. The lowest BCUT2D eigenvalue weighted by molar-refractivity contribution is -0.129. The van der Waals surface area contributed by atoms with E-state index >= 15 is 0 Å². The first-order valence-corrected chi connectivity index (χ1v) is 8.63. The highest BCUT2D eigenvalue weighted by molar-refractivity contribution is 7.90. The molecule has 0 saturated carbocycles. The number of amides is 1. The molecule has 20 heavy (non-hydrogen) atoms. The number of likely N-dealkylation sites (tertiary alicyclic amines) is 1. The summed E-state index contributed by atoms with van der Waals surface area (Å²) < 4.78 is 22.7. The summed E-state index contributed by atoms with van der Waals surface area (Å²) in [6.45, 7) is 2.62. The first-order valence-electron chi connectivity index (χ1n) is 6.74. The van der Waals surface area contributed by atoms with Gasteiger partial charge in [0.2, 0.25) is 5.91 Å². The second-order valence-corrected chi connectivity index (χ2v) is 7.12. The maximum atomic E-state index is 11.8. The summed E-state index contributed by atoms with van der Waals surface area (Å²) in [5.41, 5.74) is 0.964. The van der Waals surface area contributed by atoms with Crippen molar-refractivity contribution in [2.45, 2.75) is 24.3 Å². The van der Waals surface area contributed by atoms with Crippen LogP contribution in [0.1, 0.15) is 18.4 Å². The molecule has 110 valence electrons.